The van der Waals surface area contributed by atoms with Crippen LogP contribution in [-0.2, 0) is 19.1 Å². The summed E-state index contributed by atoms with van der Waals surface area (Å²) in [6.07, 6.45) is 0.157. The predicted octanol–water partition coefficient (Wildman–Crippen LogP) is 2.99. The smallest absolute Gasteiger partial charge is 0.344 e. The molecule has 152 valence electrons. The Morgan fingerprint density at radius 2 is 1.86 bits per heavy atom. The van der Waals surface area contributed by atoms with Crippen LogP contribution in [0.4, 0.5) is 11.4 Å². The molecule has 0 fully saturated rings. The van der Waals surface area contributed by atoms with Crippen LogP contribution >= 0.6 is 0 Å². The summed E-state index contributed by atoms with van der Waals surface area (Å²) >= 11 is 0. The van der Waals surface area contributed by atoms with Crippen molar-refractivity contribution in [3.05, 3.63) is 53.6 Å². The minimum Gasteiger partial charge on any atom is -0.482 e. The van der Waals surface area contributed by atoms with Crippen LogP contribution in [0.3, 0.4) is 0 Å². The lowest BCUT2D eigenvalue weighted by Crippen LogP contribution is -2.41. The number of nitrogens with one attached hydrogen (secondary N) is 1. The number of fused-ring (bicyclic) bond motifs is 1. The summed E-state index contributed by atoms with van der Waals surface area (Å²) in [4.78, 5) is 38.3. The Balaban J connectivity index is 1.62. The maximum Gasteiger partial charge on any atom is 0.344 e. The van der Waals surface area contributed by atoms with Gasteiger partial charge in [0.1, 0.15) is 5.75 Å². The third kappa shape index (κ3) is 4.74. The van der Waals surface area contributed by atoms with Gasteiger partial charge in [0.2, 0.25) is 5.91 Å². The van der Waals surface area contributed by atoms with Crippen LogP contribution in [0.15, 0.2) is 42.5 Å². The number of amides is 2. The topological polar surface area (TPSA) is 84.9 Å². The molecule has 7 nitrogen and oxygen atoms in total. The van der Waals surface area contributed by atoms with Crippen molar-refractivity contribution in [3.8, 4) is 5.75 Å². The van der Waals surface area contributed by atoms with Crippen LogP contribution < -0.4 is 15.0 Å². The van der Waals surface area contributed by atoms with Crippen molar-refractivity contribution in [2.75, 3.05) is 23.4 Å². The number of rotatable bonds is 5. The number of hydrogen-bond donors (Lipinski definition) is 1. The number of hydrogen-bond acceptors (Lipinski definition) is 5. The molecule has 1 atom stereocenters. The van der Waals surface area contributed by atoms with E-state index in [-0.39, 0.29) is 25.0 Å². The molecule has 2 aromatic carbocycles. The zero-order valence-corrected chi connectivity index (χ0v) is 16.7. The van der Waals surface area contributed by atoms with Crippen LogP contribution in [0.25, 0.3) is 0 Å². The maximum absolute atomic E-state index is 12.8. The van der Waals surface area contributed by atoms with Gasteiger partial charge in [0.15, 0.2) is 13.2 Å². The summed E-state index contributed by atoms with van der Waals surface area (Å²) in [5, 5.41) is 2.79. The normalized spacial score (nSPS) is 15.8. The Hall–Kier alpha value is -3.35. The third-order valence-electron chi connectivity index (χ3n) is 4.89. The van der Waals surface area contributed by atoms with Crippen molar-refractivity contribution >= 4 is 29.2 Å². The zero-order chi connectivity index (χ0) is 21.0. The second-order valence-electron chi connectivity index (χ2n) is 7.03. The molecule has 0 unspecified atom stereocenters. The summed E-state index contributed by atoms with van der Waals surface area (Å²) in [5.41, 5.74) is 3.14. The summed E-state index contributed by atoms with van der Waals surface area (Å²) in [6.45, 7) is 4.93. The molecule has 0 aromatic heterocycles. The first-order valence-corrected chi connectivity index (χ1v) is 9.42. The minimum absolute atomic E-state index is 0.157. The van der Waals surface area contributed by atoms with Crippen LogP contribution in [-0.4, -0.2) is 37.0 Å². The maximum atomic E-state index is 12.8. The molecular formula is C22H24N2O5. The largest absolute Gasteiger partial charge is 0.482 e. The first-order chi connectivity index (χ1) is 13.9. The second-order valence-corrected chi connectivity index (χ2v) is 7.03. The molecule has 0 radical (unpaired) electrons. The molecule has 1 aliphatic heterocycles. The molecule has 0 saturated carbocycles. The fourth-order valence-electron chi connectivity index (χ4n) is 3.24. The summed E-state index contributed by atoms with van der Waals surface area (Å²) in [6, 6.07) is 12.3. The minimum atomic E-state index is -0.635. The highest BCUT2D eigenvalue weighted by atomic mass is 16.6. The number of ether oxygens (including phenoxy) is 2. The molecule has 2 amide bonds. The van der Waals surface area contributed by atoms with E-state index >= 15 is 0 Å². The van der Waals surface area contributed by atoms with E-state index in [0.717, 1.165) is 11.1 Å². The highest BCUT2D eigenvalue weighted by molar-refractivity contribution is 6.05. The van der Waals surface area contributed by atoms with Gasteiger partial charge in [0, 0.05) is 12.5 Å². The Kier molecular flexibility index (Phi) is 6.16. The van der Waals surface area contributed by atoms with Crippen molar-refractivity contribution < 1.29 is 23.9 Å². The third-order valence-corrected chi connectivity index (χ3v) is 4.89. The summed E-state index contributed by atoms with van der Waals surface area (Å²) in [5.74, 6) is -0.599. The van der Waals surface area contributed by atoms with Gasteiger partial charge in [0.05, 0.1) is 11.4 Å². The number of carbonyl (C=O) groups excluding carboxylic acids is 3. The number of nitrogens with zero attached hydrogens (tertiary/aromatic N) is 1. The van der Waals surface area contributed by atoms with E-state index in [2.05, 4.69) is 5.32 Å². The van der Waals surface area contributed by atoms with E-state index in [1.165, 1.54) is 4.90 Å². The van der Waals surface area contributed by atoms with Crippen molar-refractivity contribution in [2.24, 2.45) is 0 Å². The first kappa shape index (κ1) is 20.4. The molecular weight excluding hydrogens is 372 g/mol. The molecule has 0 saturated heterocycles. The fraction of sp³-hybridized carbons (Fsp3) is 0.318. The number of carbonyl (C=O) groups is 3. The van der Waals surface area contributed by atoms with Gasteiger partial charge in [-0.3, -0.25) is 9.59 Å². The van der Waals surface area contributed by atoms with Crippen molar-refractivity contribution in [1.82, 2.24) is 0 Å². The fourth-order valence-corrected chi connectivity index (χ4v) is 3.24. The SMILES string of the molecule is Cc1cccc(OCC(=O)OCC(=O)N2c3ccccc3NC(=O)C[C@H]2C)c1C. The molecule has 0 bridgehead atoms. The van der Waals surface area contributed by atoms with E-state index in [4.69, 9.17) is 9.47 Å². The number of benzene rings is 2. The highest BCUT2D eigenvalue weighted by Gasteiger charge is 2.30. The molecule has 0 spiro atoms. The van der Waals surface area contributed by atoms with Gasteiger partial charge in [-0.25, -0.2) is 4.79 Å². The lowest BCUT2D eigenvalue weighted by Gasteiger charge is -2.27. The van der Waals surface area contributed by atoms with Crippen LogP contribution in [0.1, 0.15) is 24.5 Å². The van der Waals surface area contributed by atoms with Crippen molar-refractivity contribution in [1.29, 1.82) is 0 Å². The number of esters is 1. The lowest BCUT2D eigenvalue weighted by molar-refractivity contribution is -0.150. The van der Waals surface area contributed by atoms with E-state index in [0.29, 0.717) is 17.1 Å². The van der Waals surface area contributed by atoms with Gasteiger partial charge in [-0.15, -0.1) is 0 Å². The first-order valence-electron chi connectivity index (χ1n) is 9.42. The highest BCUT2D eigenvalue weighted by Crippen LogP contribution is 2.31. The summed E-state index contributed by atoms with van der Waals surface area (Å²) in [7, 11) is 0. The lowest BCUT2D eigenvalue weighted by atomic mass is 10.1. The molecule has 1 N–H and O–H groups in total. The van der Waals surface area contributed by atoms with Crippen molar-refractivity contribution in [3.63, 3.8) is 0 Å². The van der Waals surface area contributed by atoms with Gasteiger partial charge < -0.3 is 19.7 Å². The summed E-state index contributed by atoms with van der Waals surface area (Å²) < 4.78 is 10.6. The molecule has 29 heavy (non-hydrogen) atoms. The molecule has 7 heteroatoms. The average Bonchev–Trinajstić information content (AvgIpc) is 2.81. The van der Waals surface area contributed by atoms with Crippen LogP contribution in [0, 0.1) is 13.8 Å². The van der Waals surface area contributed by atoms with Gasteiger partial charge in [-0.1, -0.05) is 24.3 Å². The Labute approximate surface area is 169 Å². The van der Waals surface area contributed by atoms with Gasteiger partial charge in [-0.05, 0) is 50.1 Å². The number of anilines is 2. The van der Waals surface area contributed by atoms with Gasteiger partial charge in [0.25, 0.3) is 5.91 Å². The van der Waals surface area contributed by atoms with E-state index in [9.17, 15) is 14.4 Å². The van der Waals surface area contributed by atoms with Gasteiger partial charge in [-0.2, -0.15) is 0 Å². The Morgan fingerprint density at radius 3 is 2.66 bits per heavy atom. The molecule has 0 aliphatic carbocycles. The second kappa shape index (κ2) is 8.77. The zero-order valence-electron chi connectivity index (χ0n) is 16.7. The van der Waals surface area contributed by atoms with E-state index in [1.54, 1.807) is 37.3 Å². The quantitative estimate of drug-likeness (QED) is 0.786. The predicted molar refractivity (Wildman–Crippen MR) is 109 cm³/mol. The molecule has 1 heterocycles. The van der Waals surface area contributed by atoms with Crippen LogP contribution in [0.2, 0.25) is 0 Å². The van der Waals surface area contributed by atoms with Crippen LogP contribution in [0.5, 0.6) is 5.75 Å². The van der Waals surface area contributed by atoms with Crippen molar-refractivity contribution in [2.45, 2.75) is 33.2 Å². The number of aryl methyl sites for hydroxylation is 1. The number of para-hydroxylation sites is 2. The molecule has 1 aliphatic rings. The Morgan fingerprint density at radius 1 is 1.10 bits per heavy atom. The molecule has 2 aromatic rings. The molecule has 3 rings (SSSR count). The van der Waals surface area contributed by atoms with E-state index in [1.807, 2.05) is 26.0 Å². The van der Waals surface area contributed by atoms with E-state index < -0.39 is 18.5 Å². The Bertz CT molecular complexity index is 941. The monoisotopic (exact) mass is 396 g/mol. The average molecular weight is 396 g/mol. The van der Waals surface area contributed by atoms with Gasteiger partial charge >= 0.3 is 5.97 Å². The standard InChI is InChI=1S/C22H24N2O5/c1-14-7-6-10-19(16(14)3)28-13-22(27)29-12-21(26)24-15(2)11-20(25)23-17-8-4-5-9-18(17)24/h4-10,15H,11-13H2,1-3H3,(H,23,25)/t15-/m1/s1.